The minimum atomic E-state index is 0.234. The summed E-state index contributed by atoms with van der Waals surface area (Å²) in [6.45, 7) is 5.20. The summed E-state index contributed by atoms with van der Waals surface area (Å²) in [6.07, 6.45) is 6.65. The minimum absolute atomic E-state index is 0.234. The number of nitrogens with zero attached hydrogens (tertiary/aromatic N) is 4. The second-order valence-corrected chi connectivity index (χ2v) is 5.85. The van der Waals surface area contributed by atoms with Crippen LogP contribution in [0.25, 0.3) is 0 Å². The number of pyridine rings is 1. The van der Waals surface area contributed by atoms with E-state index in [1.807, 2.05) is 34.2 Å². The number of carbonyl (C=O) groups is 1. The fourth-order valence-corrected chi connectivity index (χ4v) is 3.13. The monoisotopic (exact) mass is 288 g/mol. The van der Waals surface area contributed by atoms with Crippen molar-refractivity contribution in [2.45, 2.75) is 25.7 Å². The van der Waals surface area contributed by atoms with Crippen molar-refractivity contribution in [3.05, 3.63) is 24.4 Å². The number of urea groups is 1. The normalized spacial score (nSPS) is 20.3. The Morgan fingerprint density at radius 3 is 2.14 bits per heavy atom. The van der Waals surface area contributed by atoms with Crippen LogP contribution in [-0.4, -0.2) is 60.1 Å². The average Bonchev–Trinajstić information content (AvgIpc) is 2.84. The average molecular weight is 288 g/mol. The van der Waals surface area contributed by atoms with Crippen molar-refractivity contribution in [3.63, 3.8) is 0 Å². The number of amides is 2. The van der Waals surface area contributed by atoms with Crippen LogP contribution in [0.15, 0.2) is 24.4 Å². The molecule has 0 saturated carbocycles. The lowest BCUT2D eigenvalue weighted by molar-refractivity contribution is 0.151. The minimum Gasteiger partial charge on any atom is -0.353 e. The molecule has 0 radical (unpaired) electrons. The molecule has 2 aliphatic rings. The van der Waals surface area contributed by atoms with E-state index in [0.29, 0.717) is 0 Å². The Hall–Kier alpha value is -1.78. The van der Waals surface area contributed by atoms with Crippen molar-refractivity contribution >= 4 is 11.8 Å². The third-order valence-corrected chi connectivity index (χ3v) is 4.40. The number of hydrogen-bond acceptors (Lipinski definition) is 3. The molecular weight excluding hydrogens is 264 g/mol. The third kappa shape index (κ3) is 3.46. The molecule has 0 N–H and O–H groups in total. The summed E-state index contributed by atoms with van der Waals surface area (Å²) in [4.78, 5) is 23.3. The highest BCUT2D eigenvalue weighted by Gasteiger charge is 2.25. The molecule has 0 spiro atoms. The highest BCUT2D eigenvalue weighted by molar-refractivity contribution is 5.74. The number of likely N-dealkylation sites (tertiary alicyclic amines) is 1. The molecule has 5 heteroatoms. The molecule has 114 valence electrons. The van der Waals surface area contributed by atoms with Gasteiger partial charge in [-0.15, -0.1) is 0 Å². The van der Waals surface area contributed by atoms with E-state index < -0.39 is 0 Å². The van der Waals surface area contributed by atoms with E-state index in [0.717, 1.165) is 57.9 Å². The number of aromatic nitrogens is 1. The van der Waals surface area contributed by atoms with Crippen molar-refractivity contribution in [3.8, 4) is 0 Å². The van der Waals surface area contributed by atoms with Crippen LogP contribution in [0.2, 0.25) is 0 Å². The molecule has 5 nitrogen and oxygen atoms in total. The standard InChI is InChI=1S/C16H24N4O/c21-16(19-9-5-1-2-6-10-19)20-13-11-18(12-14-20)15-7-3-4-8-17-15/h3-4,7-8H,1-2,5-6,9-14H2. The Labute approximate surface area is 126 Å². The van der Waals surface area contributed by atoms with Crippen LogP contribution in [-0.2, 0) is 0 Å². The molecule has 1 aromatic heterocycles. The molecule has 0 aliphatic carbocycles. The Morgan fingerprint density at radius 1 is 0.857 bits per heavy atom. The number of hydrogen-bond donors (Lipinski definition) is 0. The molecular formula is C16H24N4O. The molecule has 0 bridgehead atoms. The lowest BCUT2D eigenvalue weighted by atomic mass is 10.2. The van der Waals surface area contributed by atoms with Gasteiger partial charge in [0.05, 0.1) is 0 Å². The van der Waals surface area contributed by atoms with Crippen molar-refractivity contribution < 1.29 is 4.79 Å². The van der Waals surface area contributed by atoms with E-state index >= 15 is 0 Å². The Balaban J connectivity index is 1.54. The van der Waals surface area contributed by atoms with Crippen LogP contribution in [0.1, 0.15) is 25.7 Å². The predicted molar refractivity (Wildman–Crippen MR) is 83.5 cm³/mol. The molecule has 0 unspecified atom stereocenters. The lowest BCUT2D eigenvalue weighted by Crippen LogP contribution is -2.53. The molecule has 0 atom stereocenters. The molecule has 0 aromatic carbocycles. The molecule has 2 aliphatic heterocycles. The van der Waals surface area contributed by atoms with Crippen molar-refractivity contribution in [2.24, 2.45) is 0 Å². The molecule has 2 fully saturated rings. The first-order chi connectivity index (χ1) is 10.3. The molecule has 2 saturated heterocycles. The summed E-state index contributed by atoms with van der Waals surface area (Å²) in [5.41, 5.74) is 0. The van der Waals surface area contributed by atoms with Crippen LogP contribution in [0, 0.1) is 0 Å². The first-order valence-corrected chi connectivity index (χ1v) is 8.04. The van der Waals surface area contributed by atoms with Gasteiger partial charge in [0.2, 0.25) is 0 Å². The van der Waals surface area contributed by atoms with Gasteiger partial charge in [-0.25, -0.2) is 9.78 Å². The van der Waals surface area contributed by atoms with Crippen LogP contribution in [0.5, 0.6) is 0 Å². The van der Waals surface area contributed by atoms with Crippen molar-refractivity contribution in [1.82, 2.24) is 14.8 Å². The Bertz CT molecular complexity index is 449. The maximum atomic E-state index is 12.6. The van der Waals surface area contributed by atoms with Gasteiger partial charge in [-0.1, -0.05) is 18.9 Å². The van der Waals surface area contributed by atoms with Gasteiger partial charge in [0, 0.05) is 45.5 Å². The van der Waals surface area contributed by atoms with Crippen LogP contribution >= 0.6 is 0 Å². The zero-order chi connectivity index (χ0) is 14.5. The summed E-state index contributed by atoms with van der Waals surface area (Å²) in [5, 5.41) is 0. The largest absolute Gasteiger partial charge is 0.353 e. The van der Waals surface area contributed by atoms with Gasteiger partial charge in [-0.2, -0.15) is 0 Å². The summed E-state index contributed by atoms with van der Waals surface area (Å²) in [5.74, 6) is 1.01. The lowest BCUT2D eigenvalue weighted by Gasteiger charge is -2.37. The first kappa shape index (κ1) is 14.2. The van der Waals surface area contributed by atoms with E-state index in [-0.39, 0.29) is 6.03 Å². The van der Waals surface area contributed by atoms with Crippen LogP contribution in [0.3, 0.4) is 0 Å². The SMILES string of the molecule is O=C(N1CCCCCC1)N1CCN(c2ccccn2)CC1. The van der Waals surface area contributed by atoms with Gasteiger partial charge in [0.1, 0.15) is 5.82 Å². The van der Waals surface area contributed by atoms with Gasteiger partial charge in [0.25, 0.3) is 0 Å². The highest BCUT2D eigenvalue weighted by atomic mass is 16.2. The fraction of sp³-hybridized carbons (Fsp3) is 0.625. The zero-order valence-corrected chi connectivity index (χ0v) is 12.6. The smallest absolute Gasteiger partial charge is 0.320 e. The Morgan fingerprint density at radius 2 is 1.52 bits per heavy atom. The summed E-state index contributed by atoms with van der Waals surface area (Å²) < 4.78 is 0. The second kappa shape index (κ2) is 6.78. The molecule has 1 aromatic rings. The zero-order valence-electron chi connectivity index (χ0n) is 12.6. The Kier molecular flexibility index (Phi) is 4.58. The van der Waals surface area contributed by atoms with Crippen LogP contribution in [0.4, 0.5) is 10.6 Å². The van der Waals surface area contributed by atoms with E-state index in [1.54, 1.807) is 0 Å². The summed E-state index contributed by atoms with van der Waals surface area (Å²) in [7, 11) is 0. The highest BCUT2D eigenvalue weighted by Crippen LogP contribution is 2.16. The van der Waals surface area contributed by atoms with Gasteiger partial charge < -0.3 is 14.7 Å². The van der Waals surface area contributed by atoms with Gasteiger partial charge >= 0.3 is 6.03 Å². The molecule has 21 heavy (non-hydrogen) atoms. The van der Waals surface area contributed by atoms with Crippen molar-refractivity contribution in [1.29, 1.82) is 0 Å². The van der Waals surface area contributed by atoms with Gasteiger partial charge in [0.15, 0.2) is 0 Å². The predicted octanol–water partition coefficient (Wildman–Crippen LogP) is 2.20. The number of anilines is 1. The third-order valence-electron chi connectivity index (χ3n) is 4.40. The molecule has 2 amide bonds. The fourth-order valence-electron chi connectivity index (χ4n) is 3.13. The first-order valence-electron chi connectivity index (χ1n) is 8.04. The molecule has 3 rings (SSSR count). The summed E-state index contributed by atoms with van der Waals surface area (Å²) >= 11 is 0. The topological polar surface area (TPSA) is 39.7 Å². The number of piperazine rings is 1. The van der Waals surface area contributed by atoms with Crippen molar-refractivity contribution in [2.75, 3.05) is 44.2 Å². The molecule has 3 heterocycles. The maximum Gasteiger partial charge on any atom is 0.320 e. The van der Waals surface area contributed by atoms with Crippen LogP contribution < -0.4 is 4.90 Å². The maximum absolute atomic E-state index is 12.6. The second-order valence-electron chi connectivity index (χ2n) is 5.85. The van der Waals surface area contributed by atoms with E-state index in [1.165, 1.54) is 12.8 Å². The van der Waals surface area contributed by atoms with E-state index in [9.17, 15) is 4.79 Å². The van der Waals surface area contributed by atoms with Gasteiger partial charge in [-0.05, 0) is 25.0 Å². The van der Waals surface area contributed by atoms with E-state index in [2.05, 4.69) is 9.88 Å². The van der Waals surface area contributed by atoms with Gasteiger partial charge in [-0.3, -0.25) is 0 Å². The summed E-state index contributed by atoms with van der Waals surface area (Å²) in [6, 6.07) is 6.21. The van der Waals surface area contributed by atoms with E-state index in [4.69, 9.17) is 0 Å². The quantitative estimate of drug-likeness (QED) is 0.795. The number of rotatable bonds is 1. The number of carbonyl (C=O) groups excluding carboxylic acids is 1.